The molecule has 27 heavy (non-hydrogen) atoms. The van der Waals surface area contributed by atoms with Crippen molar-refractivity contribution in [3.63, 3.8) is 0 Å². The van der Waals surface area contributed by atoms with Crippen LogP contribution in [-0.4, -0.2) is 44.9 Å². The largest absolute Gasteiger partial charge is 0.374 e. The molecule has 0 bridgehead atoms. The Morgan fingerprint density at radius 2 is 1.63 bits per heavy atom. The fourth-order valence-corrected chi connectivity index (χ4v) is 3.30. The van der Waals surface area contributed by atoms with E-state index in [1.807, 2.05) is 44.2 Å². The smallest absolute Gasteiger partial charge is 0.251 e. The highest BCUT2D eigenvalue weighted by Gasteiger charge is 2.22. The summed E-state index contributed by atoms with van der Waals surface area (Å²) < 4.78 is 31.0. The number of nitrogens with zero attached hydrogens (tertiary/aromatic N) is 1. The van der Waals surface area contributed by atoms with E-state index in [1.54, 1.807) is 0 Å². The van der Waals surface area contributed by atoms with Crippen molar-refractivity contribution in [1.29, 1.82) is 0 Å². The van der Waals surface area contributed by atoms with Crippen molar-refractivity contribution in [2.45, 2.75) is 30.9 Å². The Kier molecular flexibility index (Phi) is 6.75. The molecule has 0 fully saturated rings. The van der Waals surface area contributed by atoms with Gasteiger partial charge in [0.05, 0.1) is 23.6 Å². The summed E-state index contributed by atoms with van der Waals surface area (Å²) in [5.41, 5.74) is 0.890. The summed E-state index contributed by atoms with van der Waals surface area (Å²) in [7, 11) is -0.579. The predicted octanol–water partition coefficient (Wildman–Crippen LogP) is 2.66. The third kappa shape index (κ3) is 5.89. The monoisotopic (exact) mass is 390 g/mol. The summed E-state index contributed by atoms with van der Waals surface area (Å²) in [6, 6.07) is 15.7. The van der Waals surface area contributed by atoms with Gasteiger partial charge in [-0.3, -0.25) is 4.79 Å². The zero-order valence-electron chi connectivity index (χ0n) is 16.1. The fourth-order valence-electron chi connectivity index (χ4n) is 2.40. The molecule has 0 radical (unpaired) electrons. The van der Waals surface area contributed by atoms with Gasteiger partial charge in [-0.15, -0.1) is 0 Å². The molecule has 1 N–H and O–H groups in total. The van der Waals surface area contributed by atoms with Gasteiger partial charge in [-0.1, -0.05) is 30.3 Å². The summed E-state index contributed by atoms with van der Waals surface area (Å²) in [4.78, 5) is 12.6. The summed E-state index contributed by atoms with van der Waals surface area (Å²) in [6.07, 6.45) is 0. The minimum atomic E-state index is -3.51. The molecule has 146 valence electrons. The van der Waals surface area contributed by atoms with E-state index < -0.39 is 15.6 Å². The van der Waals surface area contributed by atoms with Crippen LogP contribution in [-0.2, 0) is 21.4 Å². The van der Waals surface area contributed by atoms with Crippen molar-refractivity contribution < 1.29 is 17.9 Å². The van der Waals surface area contributed by atoms with Gasteiger partial charge in [-0.25, -0.2) is 12.7 Å². The van der Waals surface area contributed by atoms with E-state index in [0.717, 1.165) is 9.87 Å². The molecule has 0 heterocycles. The SMILES string of the molecule is CN(C)S(=O)(=O)c1ccc(C(=O)NC(C)(C)COCc2ccccc2)cc1. The Morgan fingerprint density at radius 1 is 1.04 bits per heavy atom. The lowest BCUT2D eigenvalue weighted by Gasteiger charge is -2.26. The normalized spacial score (nSPS) is 12.2. The molecule has 2 aromatic rings. The zero-order chi connectivity index (χ0) is 20.1. The van der Waals surface area contributed by atoms with Gasteiger partial charge in [0.2, 0.25) is 10.0 Å². The van der Waals surface area contributed by atoms with E-state index in [2.05, 4.69) is 5.32 Å². The third-order valence-corrected chi connectivity index (χ3v) is 5.75. The van der Waals surface area contributed by atoms with Crippen LogP contribution in [0.25, 0.3) is 0 Å². The van der Waals surface area contributed by atoms with Crippen molar-refractivity contribution in [3.8, 4) is 0 Å². The molecule has 6 nitrogen and oxygen atoms in total. The van der Waals surface area contributed by atoms with Crippen molar-refractivity contribution in [2.75, 3.05) is 20.7 Å². The van der Waals surface area contributed by atoms with Gasteiger partial charge in [0.1, 0.15) is 0 Å². The van der Waals surface area contributed by atoms with Gasteiger partial charge in [0.25, 0.3) is 5.91 Å². The molecule has 0 aliphatic heterocycles. The van der Waals surface area contributed by atoms with E-state index in [1.165, 1.54) is 38.4 Å². The quantitative estimate of drug-likeness (QED) is 0.752. The standard InChI is InChI=1S/C20H26N2O4S/c1-20(2,15-26-14-16-8-6-5-7-9-16)21-19(23)17-10-12-18(13-11-17)27(24,25)22(3)4/h5-13H,14-15H2,1-4H3,(H,21,23). The third-order valence-electron chi connectivity index (χ3n) is 3.92. The van der Waals surface area contributed by atoms with E-state index in [4.69, 9.17) is 4.74 Å². The molecule has 0 saturated heterocycles. The van der Waals surface area contributed by atoms with E-state index >= 15 is 0 Å². The minimum Gasteiger partial charge on any atom is -0.374 e. The maximum absolute atomic E-state index is 12.5. The first-order chi connectivity index (χ1) is 12.6. The van der Waals surface area contributed by atoms with Crippen molar-refractivity contribution in [1.82, 2.24) is 9.62 Å². The second kappa shape index (κ2) is 8.65. The van der Waals surface area contributed by atoms with Crippen LogP contribution in [0.4, 0.5) is 0 Å². The zero-order valence-corrected chi connectivity index (χ0v) is 16.9. The maximum atomic E-state index is 12.5. The van der Waals surface area contributed by atoms with Crippen molar-refractivity contribution in [2.24, 2.45) is 0 Å². The Labute approximate surface area is 161 Å². The molecule has 0 atom stereocenters. The van der Waals surface area contributed by atoms with Gasteiger partial charge in [0.15, 0.2) is 0 Å². The van der Waals surface area contributed by atoms with Crippen LogP contribution in [0.3, 0.4) is 0 Å². The van der Waals surface area contributed by atoms with Crippen molar-refractivity contribution >= 4 is 15.9 Å². The Bertz CT molecular complexity index is 861. The molecule has 7 heteroatoms. The molecular weight excluding hydrogens is 364 g/mol. The maximum Gasteiger partial charge on any atom is 0.251 e. The number of nitrogens with one attached hydrogen (secondary N) is 1. The Hall–Kier alpha value is -2.22. The molecule has 0 spiro atoms. The van der Waals surface area contributed by atoms with Crippen LogP contribution in [0.2, 0.25) is 0 Å². The number of amides is 1. The van der Waals surface area contributed by atoms with Crippen LogP contribution in [0.15, 0.2) is 59.5 Å². The van der Waals surface area contributed by atoms with Crippen LogP contribution in [0.1, 0.15) is 29.8 Å². The number of rotatable bonds is 8. The van der Waals surface area contributed by atoms with Gasteiger partial charge in [0, 0.05) is 19.7 Å². The minimum absolute atomic E-state index is 0.148. The molecule has 0 aliphatic carbocycles. The molecule has 1 amide bonds. The number of hydrogen-bond acceptors (Lipinski definition) is 4. The summed E-state index contributed by atoms with van der Waals surface area (Å²) in [6.45, 7) is 4.57. The highest BCUT2D eigenvalue weighted by atomic mass is 32.2. The van der Waals surface area contributed by atoms with Gasteiger partial charge < -0.3 is 10.1 Å². The van der Waals surface area contributed by atoms with E-state index in [9.17, 15) is 13.2 Å². The lowest BCUT2D eigenvalue weighted by Crippen LogP contribution is -2.47. The predicted molar refractivity (Wildman–Crippen MR) is 105 cm³/mol. The highest BCUT2D eigenvalue weighted by molar-refractivity contribution is 7.89. The molecule has 0 unspecified atom stereocenters. The molecular formula is C20H26N2O4S. The second-order valence-corrected chi connectivity index (χ2v) is 9.28. The Balaban J connectivity index is 1.95. The average Bonchev–Trinajstić information content (AvgIpc) is 2.62. The summed E-state index contributed by atoms with van der Waals surface area (Å²) in [5.74, 6) is -0.280. The highest BCUT2D eigenvalue weighted by Crippen LogP contribution is 2.15. The van der Waals surface area contributed by atoms with Gasteiger partial charge in [-0.05, 0) is 43.7 Å². The molecule has 0 saturated carbocycles. The first kappa shape index (κ1) is 21.1. The molecule has 2 aromatic carbocycles. The first-order valence-electron chi connectivity index (χ1n) is 8.59. The van der Waals surface area contributed by atoms with Crippen molar-refractivity contribution in [3.05, 3.63) is 65.7 Å². The Morgan fingerprint density at radius 3 is 2.19 bits per heavy atom. The van der Waals surface area contributed by atoms with E-state index in [-0.39, 0.29) is 10.8 Å². The average molecular weight is 391 g/mol. The van der Waals surface area contributed by atoms with Gasteiger partial charge >= 0.3 is 0 Å². The molecule has 0 aromatic heterocycles. The topological polar surface area (TPSA) is 75.7 Å². The second-order valence-electron chi connectivity index (χ2n) is 7.13. The first-order valence-corrected chi connectivity index (χ1v) is 10.0. The molecule has 0 aliphatic rings. The number of hydrogen-bond donors (Lipinski definition) is 1. The van der Waals surface area contributed by atoms with E-state index in [0.29, 0.717) is 18.8 Å². The van der Waals surface area contributed by atoms with Crippen LogP contribution < -0.4 is 5.32 Å². The summed E-state index contributed by atoms with van der Waals surface area (Å²) >= 11 is 0. The number of sulfonamides is 1. The number of benzene rings is 2. The van der Waals surface area contributed by atoms with Gasteiger partial charge in [-0.2, -0.15) is 0 Å². The van der Waals surface area contributed by atoms with Crippen LogP contribution in [0.5, 0.6) is 0 Å². The fraction of sp³-hybridized carbons (Fsp3) is 0.350. The number of ether oxygens (including phenoxy) is 1. The number of carbonyl (C=O) groups is 1. The number of carbonyl (C=O) groups excluding carboxylic acids is 1. The molecule has 2 rings (SSSR count). The van der Waals surface area contributed by atoms with Crippen LogP contribution in [0, 0.1) is 0 Å². The lowest BCUT2D eigenvalue weighted by atomic mass is 10.1. The van der Waals surface area contributed by atoms with Crippen LogP contribution >= 0.6 is 0 Å². The lowest BCUT2D eigenvalue weighted by molar-refractivity contribution is 0.0617. The summed E-state index contributed by atoms with van der Waals surface area (Å²) in [5, 5.41) is 2.92.